The molecule has 0 aliphatic carbocycles. The van der Waals surface area contributed by atoms with Crippen LogP contribution in [0.15, 0.2) is 41.2 Å². The Kier molecular flexibility index (Phi) is 4.88. The number of hydrogen-bond acceptors (Lipinski definition) is 8. The largest absolute Gasteiger partial charge is 0.510 e. The van der Waals surface area contributed by atoms with E-state index in [0.717, 1.165) is 15.9 Å². The number of aliphatic hydroxyl groups excluding tert-OH is 1. The first-order valence-electron chi connectivity index (χ1n) is 7.45. The zero-order valence-electron chi connectivity index (χ0n) is 13.6. The van der Waals surface area contributed by atoms with Crippen LogP contribution in [0, 0.1) is 18.3 Å². The minimum absolute atomic E-state index is 0.0461. The minimum Gasteiger partial charge on any atom is -0.510 e. The Morgan fingerprint density at radius 1 is 1.32 bits per heavy atom. The zero-order chi connectivity index (χ0) is 18.0. The Bertz CT molecular complexity index is 952. The fourth-order valence-corrected chi connectivity index (χ4v) is 4.10. The van der Waals surface area contributed by atoms with Gasteiger partial charge in [0.15, 0.2) is 5.16 Å². The maximum atomic E-state index is 10.6. The van der Waals surface area contributed by atoms with Crippen molar-refractivity contribution in [2.45, 2.75) is 24.3 Å². The molecule has 25 heavy (non-hydrogen) atoms. The number of aryl methyl sites for hydroxylation is 1. The van der Waals surface area contributed by atoms with Crippen LogP contribution in [0.5, 0.6) is 0 Å². The molecule has 1 atom stereocenters. The van der Waals surface area contributed by atoms with E-state index >= 15 is 0 Å². The first kappa shape index (κ1) is 17.2. The van der Waals surface area contributed by atoms with E-state index in [1.54, 1.807) is 13.0 Å². The van der Waals surface area contributed by atoms with E-state index in [2.05, 4.69) is 21.0 Å². The second-order valence-corrected chi connectivity index (χ2v) is 7.67. The van der Waals surface area contributed by atoms with Gasteiger partial charge < -0.3 is 10.8 Å². The van der Waals surface area contributed by atoms with Gasteiger partial charge >= 0.3 is 0 Å². The Morgan fingerprint density at radius 3 is 2.76 bits per heavy atom. The first-order chi connectivity index (χ1) is 12.0. The third kappa shape index (κ3) is 3.73. The first-order valence-corrected chi connectivity index (χ1v) is 9.14. The summed E-state index contributed by atoms with van der Waals surface area (Å²) < 4.78 is 0.966. The molecule has 0 saturated carbocycles. The molecule has 0 aliphatic heterocycles. The quantitative estimate of drug-likeness (QED) is 0.310. The lowest BCUT2D eigenvalue weighted by Gasteiger charge is -2.11. The Labute approximate surface area is 153 Å². The van der Waals surface area contributed by atoms with Crippen molar-refractivity contribution in [3.63, 3.8) is 0 Å². The summed E-state index contributed by atoms with van der Waals surface area (Å²) in [6.07, 6.45) is 0. The summed E-state index contributed by atoms with van der Waals surface area (Å²) in [6.45, 7) is 3.61. The summed E-state index contributed by atoms with van der Waals surface area (Å²) in [7, 11) is 0. The van der Waals surface area contributed by atoms with Crippen LogP contribution in [-0.4, -0.2) is 25.3 Å². The monoisotopic (exact) mass is 369 g/mol. The molecule has 2 aromatic heterocycles. The fraction of sp³-hybridized carbons (Fsp3) is 0.176. The number of aliphatic hydroxyl groups is 1. The number of rotatable bonds is 4. The van der Waals surface area contributed by atoms with Crippen LogP contribution in [0.25, 0.3) is 15.8 Å². The molecule has 0 spiro atoms. The highest BCUT2D eigenvalue weighted by molar-refractivity contribution is 7.99. The highest BCUT2D eigenvalue weighted by Crippen LogP contribution is 2.32. The van der Waals surface area contributed by atoms with Crippen molar-refractivity contribution >= 4 is 44.7 Å². The molecule has 0 radical (unpaired) electrons. The van der Waals surface area contributed by atoms with Gasteiger partial charge in [0.1, 0.15) is 28.2 Å². The van der Waals surface area contributed by atoms with Gasteiger partial charge in [-0.15, -0.1) is 11.3 Å². The van der Waals surface area contributed by atoms with Crippen molar-refractivity contribution in [1.29, 1.82) is 5.26 Å². The Hall–Kier alpha value is -2.63. The maximum absolute atomic E-state index is 10.6. The van der Waals surface area contributed by atoms with E-state index < -0.39 is 5.25 Å². The van der Waals surface area contributed by atoms with Gasteiger partial charge in [0, 0.05) is 11.8 Å². The third-order valence-electron chi connectivity index (χ3n) is 3.40. The van der Waals surface area contributed by atoms with E-state index in [9.17, 15) is 10.4 Å². The predicted molar refractivity (Wildman–Crippen MR) is 101 cm³/mol. The summed E-state index contributed by atoms with van der Waals surface area (Å²) in [4.78, 5) is 12.9. The molecule has 6 nitrogen and oxygen atoms in total. The van der Waals surface area contributed by atoms with Crippen LogP contribution >= 0.6 is 23.1 Å². The van der Waals surface area contributed by atoms with Gasteiger partial charge in [-0.1, -0.05) is 23.9 Å². The number of aromatic nitrogens is 3. The van der Waals surface area contributed by atoms with Crippen molar-refractivity contribution in [2.24, 2.45) is 0 Å². The number of thiazole rings is 1. The average Bonchev–Trinajstić information content (AvgIpc) is 2.97. The Morgan fingerprint density at radius 2 is 2.08 bits per heavy atom. The summed E-state index contributed by atoms with van der Waals surface area (Å²) in [5, 5.41) is 20.6. The van der Waals surface area contributed by atoms with Crippen LogP contribution < -0.4 is 5.73 Å². The number of anilines is 1. The van der Waals surface area contributed by atoms with E-state index in [1.807, 2.05) is 31.2 Å². The Balaban J connectivity index is 1.93. The minimum atomic E-state index is -0.414. The van der Waals surface area contributed by atoms with Crippen molar-refractivity contribution in [3.05, 3.63) is 46.8 Å². The molecular formula is C17H15N5OS2. The lowest BCUT2D eigenvalue weighted by Crippen LogP contribution is -2.06. The van der Waals surface area contributed by atoms with E-state index in [4.69, 9.17) is 5.73 Å². The molecule has 1 aromatic carbocycles. The van der Waals surface area contributed by atoms with Crippen LogP contribution in [0.1, 0.15) is 17.6 Å². The number of nitriles is 1. The maximum Gasteiger partial charge on any atom is 0.190 e. The summed E-state index contributed by atoms with van der Waals surface area (Å²) >= 11 is 2.62. The van der Waals surface area contributed by atoms with Crippen LogP contribution in [0.2, 0.25) is 0 Å². The molecule has 0 aliphatic rings. The van der Waals surface area contributed by atoms with Gasteiger partial charge in [0.05, 0.1) is 15.5 Å². The number of hydrogen-bond donors (Lipinski definition) is 2. The van der Waals surface area contributed by atoms with E-state index in [1.165, 1.54) is 23.1 Å². The smallest absolute Gasteiger partial charge is 0.190 e. The normalized spacial score (nSPS) is 13.3. The lowest BCUT2D eigenvalue weighted by molar-refractivity contribution is 0.402. The van der Waals surface area contributed by atoms with Crippen molar-refractivity contribution in [3.8, 4) is 6.07 Å². The molecule has 8 heteroatoms. The summed E-state index contributed by atoms with van der Waals surface area (Å²) in [5.74, 6) is 0.326. The molecule has 126 valence electrons. The van der Waals surface area contributed by atoms with Crippen molar-refractivity contribution < 1.29 is 5.11 Å². The molecule has 0 saturated heterocycles. The topological polar surface area (TPSA) is 109 Å². The molecule has 3 aromatic rings. The molecule has 2 heterocycles. The van der Waals surface area contributed by atoms with Gasteiger partial charge in [-0.3, -0.25) is 0 Å². The zero-order valence-corrected chi connectivity index (χ0v) is 15.2. The molecule has 1 unspecified atom stereocenters. The molecule has 3 N–H and O–H groups in total. The molecule has 0 bridgehead atoms. The van der Waals surface area contributed by atoms with Gasteiger partial charge in [-0.25, -0.2) is 15.0 Å². The number of allylic oxidation sites excluding steroid dienone is 1. The summed E-state index contributed by atoms with van der Waals surface area (Å²) in [6, 6.07) is 11.4. The number of nitrogens with two attached hydrogens (primary N) is 1. The number of thioether (sulfide) groups is 1. The van der Waals surface area contributed by atoms with Gasteiger partial charge in [-0.05, 0) is 26.0 Å². The van der Waals surface area contributed by atoms with E-state index in [0.29, 0.717) is 16.0 Å². The van der Waals surface area contributed by atoms with E-state index in [-0.39, 0.29) is 11.3 Å². The number of nitrogen functional groups attached to an aromatic ring is 1. The summed E-state index contributed by atoms with van der Waals surface area (Å²) in [5.41, 5.74) is 7.45. The van der Waals surface area contributed by atoms with Crippen LogP contribution in [-0.2, 0) is 0 Å². The van der Waals surface area contributed by atoms with Gasteiger partial charge in [-0.2, -0.15) is 5.26 Å². The second-order valence-electron chi connectivity index (χ2n) is 5.34. The number of fused-ring (bicyclic) bond motifs is 1. The highest BCUT2D eigenvalue weighted by atomic mass is 32.2. The van der Waals surface area contributed by atoms with Crippen molar-refractivity contribution in [2.75, 3.05) is 5.73 Å². The average molecular weight is 369 g/mol. The molecule has 0 amide bonds. The number of para-hydroxylation sites is 1. The standard InChI is InChI=1S/C17H15N5OS2/c1-9-7-14(19)22-17(20-9)24-10(2)15(23)11(8-18)16-21-12-5-3-4-6-13(12)25-16/h3-7,10,23H,1-2H3,(H2,19,20,22)/b15-11+. The van der Waals surface area contributed by atoms with Crippen LogP contribution in [0.4, 0.5) is 5.82 Å². The van der Waals surface area contributed by atoms with Crippen molar-refractivity contribution in [1.82, 2.24) is 15.0 Å². The van der Waals surface area contributed by atoms with Gasteiger partial charge in [0.25, 0.3) is 0 Å². The third-order valence-corrected chi connectivity index (χ3v) is 5.42. The van der Waals surface area contributed by atoms with Gasteiger partial charge in [0.2, 0.25) is 0 Å². The molecule has 0 fully saturated rings. The SMILES string of the molecule is Cc1cc(N)nc(SC(C)/C(O)=C(/C#N)c2nc3ccccc3s2)n1. The number of benzene rings is 1. The fourth-order valence-electron chi connectivity index (χ4n) is 2.23. The molecular weight excluding hydrogens is 354 g/mol. The lowest BCUT2D eigenvalue weighted by atomic mass is 10.2. The predicted octanol–water partition coefficient (Wildman–Crippen LogP) is 3.95. The highest BCUT2D eigenvalue weighted by Gasteiger charge is 2.20. The van der Waals surface area contributed by atoms with Crippen LogP contribution in [0.3, 0.4) is 0 Å². The molecule has 3 rings (SSSR count). The number of nitrogens with zero attached hydrogens (tertiary/aromatic N) is 4. The second kappa shape index (κ2) is 7.09.